The number of likely N-dealkylation sites (tertiary alicyclic amines) is 1. The molecule has 0 radical (unpaired) electrons. The first-order valence-corrected chi connectivity index (χ1v) is 14.9. The number of aliphatic hydroxyl groups is 1. The number of benzene rings is 1. The van der Waals surface area contributed by atoms with Gasteiger partial charge >= 0.3 is 0 Å². The molecular formula is C29H36N4O5S. The van der Waals surface area contributed by atoms with Gasteiger partial charge in [0, 0.05) is 29.7 Å². The van der Waals surface area contributed by atoms with Gasteiger partial charge in [-0.25, -0.2) is 0 Å². The van der Waals surface area contributed by atoms with Crippen molar-refractivity contribution in [3.8, 4) is 0 Å². The number of fused-ring (bicyclic) bond motifs is 1. The molecule has 3 heterocycles. The number of hydrogen-bond donors (Lipinski definition) is 4. The van der Waals surface area contributed by atoms with Gasteiger partial charge < -0.3 is 26.0 Å². The van der Waals surface area contributed by atoms with Gasteiger partial charge in [-0.1, -0.05) is 12.1 Å². The summed E-state index contributed by atoms with van der Waals surface area (Å²) in [5.41, 5.74) is 1.21. The van der Waals surface area contributed by atoms with Gasteiger partial charge in [0.05, 0.1) is 10.9 Å². The lowest BCUT2D eigenvalue weighted by Gasteiger charge is -2.39. The summed E-state index contributed by atoms with van der Waals surface area (Å²) in [6, 6.07) is 6.43. The zero-order valence-corrected chi connectivity index (χ0v) is 23.0. The Morgan fingerprint density at radius 1 is 1.18 bits per heavy atom. The first kappa shape index (κ1) is 26.3. The Kier molecular flexibility index (Phi) is 6.87. The summed E-state index contributed by atoms with van der Waals surface area (Å²) in [6.45, 7) is 3.05. The molecule has 208 valence electrons. The van der Waals surface area contributed by atoms with Gasteiger partial charge in [-0.2, -0.15) is 0 Å². The van der Waals surface area contributed by atoms with E-state index in [1.807, 2.05) is 25.1 Å². The lowest BCUT2D eigenvalue weighted by Crippen LogP contribution is -2.59. The first-order chi connectivity index (χ1) is 18.7. The number of aliphatic hydroxyl groups excluding tert-OH is 1. The SMILES string of the molecule is Cc1ccc2cc(C(=O)N3CCC4(CC4)C[C@H]3C(=O)NC(C[C@@H]3CCNC3=O)C(O)C(=O)NC3CC3)sc2c1. The Hall–Kier alpha value is -2.98. The van der Waals surface area contributed by atoms with E-state index >= 15 is 0 Å². The van der Waals surface area contributed by atoms with Gasteiger partial charge in [0.15, 0.2) is 6.10 Å². The second kappa shape index (κ2) is 10.2. The number of amides is 4. The summed E-state index contributed by atoms with van der Waals surface area (Å²) in [7, 11) is 0. The molecule has 4 amide bonds. The Morgan fingerprint density at radius 2 is 1.97 bits per heavy atom. The largest absolute Gasteiger partial charge is 0.381 e. The zero-order valence-electron chi connectivity index (χ0n) is 22.2. The van der Waals surface area contributed by atoms with E-state index in [9.17, 15) is 24.3 Å². The van der Waals surface area contributed by atoms with Crippen molar-refractivity contribution < 1.29 is 24.3 Å². The van der Waals surface area contributed by atoms with Crippen LogP contribution >= 0.6 is 11.3 Å². The number of piperidine rings is 1. The van der Waals surface area contributed by atoms with Gasteiger partial charge in [0.2, 0.25) is 11.8 Å². The van der Waals surface area contributed by atoms with Crippen molar-refractivity contribution in [3.63, 3.8) is 0 Å². The second-order valence-corrected chi connectivity index (χ2v) is 13.1. The minimum Gasteiger partial charge on any atom is -0.381 e. The van der Waals surface area contributed by atoms with Crippen LogP contribution < -0.4 is 16.0 Å². The standard InChI is InChI=1S/C29H36N4O5S/c1-16-2-3-17-14-23(39-22(17)12-16)28(38)33-11-9-29(7-8-29)15-21(33)26(36)32-20(13-18-6-10-30-25(18)35)24(34)27(37)31-19-4-5-19/h2-3,12,14,18-21,24,34H,4-11,13,15H2,1H3,(H,30,35)(H,31,37)(H,32,36)/t18-,20?,21-,24?/m0/s1. The minimum atomic E-state index is -1.48. The van der Waals surface area contributed by atoms with E-state index in [4.69, 9.17) is 0 Å². The molecule has 9 nitrogen and oxygen atoms in total. The average Bonchev–Trinajstić information content (AvgIpc) is 3.80. The predicted octanol–water partition coefficient (Wildman–Crippen LogP) is 2.25. The molecule has 39 heavy (non-hydrogen) atoms. The van der Waals surface area contributed by atoms with Crippen molar-refractivity contribution in [2.75, 3.05) is 13.1 Å². The number of carbonyl (C=O) groups is 4. The van der Waals surface area contributed by atoms with Gasteiger partial charge in [0.25, 0.3) is 11.8 Å². The summed E-state index contributed by atoms with van der Waals surface area (Å²) in [5, 5.41) is 20.5. The molecule has 1 spiro atoms. The molecule has 10 heteroatoms. The lowest BCUT2D eigenvalue weighted by molar-refractivity contribution is -0.135. The van der Waals surface area contributed by atoms with Gasteiger partial charge in [-0.05, 0) is 86.8 Å². The highest BCUT2D eigenvalue weighted by Gasteiger charge is 2.51. The van der Waals surface area contributed by atoms with E-state index in [0.29, 0.717) is 30.8 Å². The van der Waals surface area contributed by atoms with E-state index < -0.39 is 24.1 Å². The maximum absolute atomic E-state index is 13.9. The summed E-state index contributed by atoms with van der Waals surface area (Å²) >= 11 is 1.44. The van der Waals surface area contributed by atoms with Crippen LogP contribution in [0.3, 0.4) is 0 Å². The molecule has 2 unspecified atom stereocenters. The third kappa shape index (κ3) is 5.54. The number of nitrogens with one attached hydrogen (secondary N) is 3. The van der Waals surface area contributed by atoms with E-state index in [2.05, 4.69) is 22.0 Å². The number of thiophene rings is 1. The number of carbonyl (C=O) groups excluding carboxylic acids is 4. The third-order valence-corrected chi connectivity index (χ3v) is 9.98. The number of hydrogen-bond acceptors (Lipinski definition) is 6. The molecule has 2 aromatic rings. The van der Waals surface area contributed by atoms with Crippen molar-refractivity contribution in [1.82, 2.24) is 20.9 Å². The van der Waals surface area contributed by atoms with Crippen molar-refractivity contribution in [1.29, 1.82) is 0 Å². The van der Waals surface area contributed by atoms with Crippen molar-refractivity contribution >= 4 is 45.1 Å². The van der Waals surface area contributed by atoms with Crippen LogP contribution in [-0.2, 0) is 14.4 Å². The van der Waals surface area contributed by atoms with Crippen LogP contribution in [0.25, 0.3) is 10.1 Å². The molecular weight excluding hydrogens is 516 g/mol. The molecule has 6 rings (SSSR count). The van der Waals surface area contributed by atoms with E-state index in [-0.39, 0.29) is 41.5 Å². The van der Waals surface area contributed by atoms with Gasteiger partial charge in [-0.15, -0.1) is 11.3 Å². The Morgan fingerprint density at radius 3 is 2.67 bits per heavy atom. The van der Waals surface area contributed by atoms with Crippen molar-refractivity contribution in [2.45, 2.75) is 82.5 Å². The number of rotatable bonds is 8. The lowest BCUT2D eigenvalue weighted by atomic mass is 9.86. The number of aryl methyl sites for hydroxylation is 1. The highest BCUT2D eigenvalue weighted by molar-refractivity contribution is 7.20. The molecule has 2 saturated heterocycles. The van der Waals surface area contributed by atoms with Crippen LogP contribution in [0.15, 0.2) is 24.3 Å². The van der Waals surface area contributed by atoms with Gasteiger partial charge in [0.1, 0.15) is 6.04 Å². The Bertz CT molecular complexity index is 1320. The molecule has 2 saturated carbocycles. The second-order valence-electron chi connectivity index (χ2n) is 12.0. The normalized spacial score (nSPS) is 25.3. The van der Waals surface area contributed by atoms with Crippen LogP contribution in [0.4, 0.5) is 0 Å². The Labute approximate surface area is 231 Å². The molecule has 1 aromatic heterocycles. The fraction of sp³-hybridized carbons (Fsp3) is 0.586. The summed E-state index contributed by atoms with van der Waals surface area (Å²) < 4.78 is 1.04. The van der Waals surface area contributed by atoms with Gasteiger partial charge in [-0.3, -0.25) is 19.2 Å². The predicted molar refractivity (Wildman–Crippen MR) is 147 cm³/mol. The van der Waals surface area contributed by atoms with Crippen LogP contribution in [0, 0.1) is 18.3 Å². The maximum atomic E-state index is 13.9. The minimum absolute atomic E-state index is 0.0598. The average molecular weight is 553 g/mol. The maximum Gasteiger partial charge on any atom is 0.264 e. The topological polar surface area (TPSA) is 128 Å². The molecule has 0 bridgehead atoms. The van der Waals surface area contributed by atoms with Crippen molar-refractivity contribution in [2.24, 2.45) is 11.3 Å². The monoisotopic (exact) mass is 552 g/mol. The summed E-state index contributed by atoms with van der Waals surface area (Å²) in [5.74, 6) is -1.58. The Balaban J connectivity index is 1.23. The quantitative estimate of drug-likeness (QED) is 0.400. The van der Waals surface area contributed by atoms with E-state index in [1.165, 1.54) is 11.3 Å². The van der Waals surface area contributed by atoms with E-state index in [0.717, 1.165) is 47.8 Å². The molecule has 4 fully saturated rings. The molecule has 4 N–H and O–H groups in total. The van der Waals surface area contributed by atoms with Crippen LogP contribution in [0.5, 0.6) is 0 Å². The molecule has 2 aliphatic carbocycles. The highest BCUT2D eigenvalue weighted by atomic mass is 32.1. The fourth-order valence-electron chi connectivity index (χ4n) is 6.05. The highest BCUT2D eigenvalue weighted by Crippen LogP contribution is 2.55. The summed E-state index contributed by atoms with van der Waals surface area (Å²) in [4.78, 5) is 55.0. The number of nitrogens with zero attached hydrogens (tertiary/aromatic N) is 1. The molecule has 1 aromatic carbocycles. The van der Waals surface area contributed by atoms with Crippen LogP contribution in [0.1, 0.15) is 66.6 Å². The van der Waals surface area contributed by atoms with Crippen LogP contribution in [0.2, 0.25) is 0 Å². The first-order valence-electron chi connectivity index (χ1n) is 14.1. The molecule has 4 atom stereocenters. The molecule has 4 aliphatic rings. The zero-order chi connectivity index (χ0) is 27.3. The fourth-order valence-corrected chi connectivity index (χ4v) is 7.17. The molecule has 2 aliphatic heterocycles. The van der Waals surface area contributed by atoms with Crippen LogP contribution in [-0.4, -0.2) is 71.0 Å². The summed E-state index contributed by atoms with van der Waals surface area (Å²) in [6.07, 6.45) is 4.54. The smallest absolute Gasteiger partial charge is 0.264 e. The third-order valence-electron chi connectivity index (χ3n) is 8.90. The van der Waals surface area contributed by atoms with E-state index in [1.54, 1.807) is 4.90 Å². The van der Waals surface area contributed by atoms with Crippen molar-refractivity contribution in [3.05, 3.63) is 34.7 Å².